The second kappa shape index (κ2) is 6.98. The first-order valence-electron chi connectivity index (χ1n) is 8.60. The molecule has 0 atom stereocenters. The van der Waals surface area contributed by atoms with Crippen molar-refractivity contribution >= 4 is 27.5 Å². The third-order valence-electron chi connectivity index (χ3n) is 4.81. The maximum atomic E-state index is 11.0. The van der Waals surface area contributed by atoms with Gasteiger partial charge in [0.2, 0.25) is 0 Å². The van der Waals surface area contributed by atoms with Crippen LogP contribution in [0.1, 0.15) is 31.4 Å². The molecule has 1 aliphatic carbocycles. The fraction of sp³-hybridized carbons (Fsp3) is 0.368. The van der Waals surface area contributed by atoms with Crippen LogP contribution in [-0.4, -0.2) is 22.1 Å². The molecule has 2 N–H and O–H groups in total. The SMILES string of the molecule is O=C(O)C1CCC(NCc2ccc(-c3nc4ccccc4s3)o2)CC1. The Morgan fingerprint density at radius 1 is 1.20 bits per heavy atom. The van der Waals surface area contributed by atoms with E-state index in [9.17, 15) is 4.79 Å². The summed E-state index contributed by atoms with van der Waals surface area (Å²) in [5.41, 5.74) is 0.994. The van der Waals surface area contributed by atoms with Crippen LogP contribution >= 0.6 is 11.3 Å². The van der Waals surface area contributed by atoms with E-state index >= 15 is 0 Å². The number of carbonyl (C=O) groups is 1. The molecule has 1 fully saturated rings. The standard InChI is InChI=1S/C19H20N2O3S/c22-19(23)12-5-7-13(8-6-12)20-11-14-9-10-16(24-14)18-21-15-3-1-2-4-17(15)25-18/h1-4,9-10,12-13,20H,5-8,11H2,(H,22,23). The van der Waals surface area contributed by atoms with Crippen molar-refractivity contribution in [3.05, 3.63) is 42.2 Å². The lowest BCUT2D eigenvalue weighted by molar-refractivity contribution is -0.142. The van der Waals surface area contributed by atoms with Crippen molar-refractivity contribution in [1.29, 1.82) is 0 Å². The number of benzene rings is 1. The summed E-state index contributed by atoms with van der Waals surface area (Å²) in [6, 6.07) is 12.4. The Morgan fingerprint density at radius 3 is 2.76 bits per heavy atom. The molecule has 0 amide bonds. The Kier molecular flexibility index (Phi) is 4.55. The van der Waals surface area contributed by atoms with E-state index in [1.165, 1.54) is 0 Å². The molecular weight excluding hydrogens is 336 g/mol. The molecule has 0 unspecified atom stereocenters. The van der Waals surface area contributed by atoms with Gasteiger partial charge in [-0.15, -0.1) is 11.3 Å². The topological polar surface area (TPSA) is 75.4 Å². The summed E-state index contributed by atoms with van der Waals surface area (Å²) in [6.45, 7) is 0.660. The lowest BCUT2D eigenvalue weighted by Gasteiger charge is -2.26. The van der Waals surface area contributed by atoms with Crippen molar-refractivity contribution in [1.82, 2.24) is 10.3 Å². The number of nitrogens with zero attached hydrogens (tertiary/aromatic N) is 1. The van der Waals surface area contributed by atoms with Crippen LogP contribution in [0.3, 0.4) is 0 Å². The van der Waals surface area contributed by atoms with Gasteiger partial charge in [-0.25, -0.2) is 4.98 Å². The van der Waals surface area contributed by atoms with Crippen LogP contribution in [0.2, 0.25) is 0 Å². The second-order valence-corrected chi connectivity index (χ2v) is 7.55. The molecule has 2 aromatic heterocycles. The van der Waals surface area contributed by atoms with Gasteiger partial charge in [-0.3, -0.25) is 4.79 Å². The van der Waals surface area contributed by atoms with Crippen LogP contribution in [0.15, 0.2) is 40.8 Å². The maximum Gasteiger partial charge on any atom is 0.306 e. The smallest absolute Gasteiger partial charge is 0.306 e. The van der Waals surface area contributed by atoms with Gasteiger partial charge in [-0.2, -0.15) is 0 Å². The normalized spacial score (nSPS) is 20.8. The number of hydrogen-bond acceptors (Lipinski definition) is 5. The first kappa shape index (κ1) is 16.3. The van der Waals surface area contributed by atoms with Crippen LogP contribution in [0.5, 0.6) is 0 Å². The summed E-state index contributed by atoms with van der Waals surface area (Å²) >= 11 is 1.63. The van der Waals surface area contributed by atoms with Gasteiger partial charge in [0.1, 0.15) is 5.76 Å². The zero-order valence-electron chi connectivity index (χ0n) is 13.8. The molecule has 0 spiro atoms. The molecule has 130 valence electrons. The number of carboxylic acids is 1. The van der Waals surface area contributed by atoms with Crippen molar-refractivity contribution in [2.24, 2.45) is 5.92 Å². The number of aromatic nitrogens is 1. The van der Waals surface area contributed by atoms with Crippen LogP contribution in [-0.2, 0) is 11.3 Å². The number of para-hydroxylation sites is 1. The highest BCUT2D eigenvalue weighted by Crippen LogP contribution is 2.31. The average molecular weight is 356 g/mol. The summed E-state index contributed by atoms with van der Waals surface area (Å²) in [5.74, 6) is 0.847. The van der Waals surface area contributed by atoms with E-state index in [0.29, 0.717) is 12.6 Å². The number of aliphatic carboxylic acids is 1. The van der Waals surface area contributed by atoms with Gasteiger partial charge < -0.3 is 14.8 Å². The first-order chi connectivity index (χ1) is 12.2. The van der Waals surface area contributed by atoms with Gasteiger partial charge in [-0.1, -0.05) is 12.1 Å². The Morgan fingerprint density at radius 2 is 2.00 bits per heavy atom. The molecule has 2 heterocycles. The van der Waals surface area contributed by atoms with E-state index in [2.05, 4.69) is 16.4 Å². The molecule has 4 rings (SSSR count). The van der Waals surface area contributed by atoms with Crippen molar-refractivity contribution in [3.8, 4) is 10.8 Å². The van der Waals surface area contributed by atoms with Crippen molar-refractivity contribution in [2.45, 2.75) is 38.3 Å². The van der Waals surface area contributed by atoms with E-state index in [0.717, 1.165) is 52.4 Å². The van der Waals surface area contributed by atoms with Crippen LogP contribution in [0, 0.1) is 5.92 Å². The second-order valence-electron chi connectivity index (χ2n) is 6.52. The number of carboxylic acid groups (broad SMARTS) is 1. The third-order valence-corrected chi connectivity index (χ3v) is 5.86. The van der Waals surface area contributed by atoms with E-state index in [-0.39, 0.29) is 5.92 Å². The van der Waals surface area contributed by atoms with Gasteiger partial charge in [-0.05, 0) is 49.9 Å². The quantitative estimate of drug-likeness (QED) is 0.713. The van der Waals surface area contributed by atoms with Crippen molar-refractivity contribution in [3.63, 3.8) is 0 Å². The number of nitrogens with one attached hydrogen (secondary N) is 1. The van der Waals surface area contributed by atoms with E-state index < -0.39 is 5.97 Å². The van der Waals surface area contributed by atoms with Gasteiger partial charge in [0.25, 0.3) is 0 Å². The van der Waals surface area contributed by atoms with Crippen molar-refractivity contribution < 1.29 is 14.3 Å². The molecule has 25 heavy (non-hydrogen) atoms. The number of fused-ring (bicyclic) bond motifs is 1. The Bertz CT molecular complexity index is 845. The predicted molar refractivity (Wildman–Crippen MR) is 97.5 cm³/mol. The molecule has 3 aromatic rings. The Hall–Kier alpha value is -2.18. The minimum absolute atomic E-state index is 0.174. The monoisotopic (exact) mass is 356 g/mol. The first-order valence-corrected chi connectivity index (χ1v) is 9.41. The summed E-state index contributed by atoms with van der Waals surface area (Å²) in [6.07, 6.45) is 3.31. The maximum absolute atomic E-state index is 11.0. The highest BCUT2D eigenvalue weighted by atomic mass is 32.1. The van der Waals surface area contributed by atoms with Gasteiger partial charge in [0.15, 0.2) is 10.8 Å². The molecule has 6 heteroatoms. The third kappa shape index (κ3) is 3.60. The van der Waals surface area contributed by atoms with Crippen LogP contribution in [0.25, 0.3) is 21.0 Å². The van der Waals surface area contributed by atoms with Gasteiger partial charge in [0, 0.05) is 6.04 Å². The Balaban J connectivity index is 1.36. The average Bonchev–Trinajstić information content (AvgIpc) is 3.26. The van der Waals surface area contributed by atoms with Crippen LogP contribution in [0.4, 0.5) is 0 Å². The van der Waals surface area contributed by atoms with Crippen LogP contribution < -0.4 is 5.32 Å². The van der Waals surface area contributed by atoms with Gasteiger partial charge in [0.05, 0.1) is 22.7 Å². The zero-order valence-corrected chi connectivity index (χ0v) is 14.6. The van der Waals surface area contributed by atoms with Gasteiger partial charge >= 0.3 is 5.97 Å². The van der Waals surface area contributed by atoms with E-state index in [1.807, 2.05) is 30.3 Å². The molecule has 0 bridgehead atoms. The van der Waals surface area contributed by atoms with Crippen molar-refractivity contribution in [2.75, 3.05) is 0 Å². The number of furan rings is 1. The molecule has 0 saturated heterocycles. The highest BCUT2D eigenvalue weighted by molar-refractivity contribution is 7.21. The summed E-state index contributed by atoms with van der Waals surface area (Å²) in [7, 11) is 0. The number of thiazole rings is 1. The molecule has 1 aromatic carbocycles. The summed E-state index contributed by atoms with van der Waals surface area (Å²) < 4.78 is 7.10. The van der Waals surface area contributed by atoms with E-state index in [1.54, 1.807) is 11.3 Å². The minimum Gasteiger partial charge on any atom is -0.481 e. The molecule has 0 aliphatic heterocycles. The zero-order chi connectivity index (χ0) is 17.2. The fourth-order valence-electron chi connectivity index (χ4n) is 3.35. The summed E-state index contributed by atoms with van der Waals surface area (Å²) in [5, 5.41) is 13.4. The molecule has 5 nitrogen and oxygen atoms in total. The number of hydrogen-bond donors (Lipinski definition) is 2. The number of rotatable bonds is 5. The molecule has 0 radical (unpaired) electrons. The molecule has 1 aliphatic rings. The lowest BCUT2D eigenvalue weighted by Crippen LogP contribution is -2.34. The summed E-state index contributed by atoms with van der Waals surface area (Å²) in [4.78, 5) is 15.6. The minimum atomic E-state index is -0.662. The molecular formula is C19H20N2O3S. The van der Waals surface area contributed by atoms with E-state index in [4.69, 9.17) is 9.52 Å². The lowest BCUT2D eigenvalue weighted by atomic mass is 9.86. The fourth-order valence-corrected chi connectivity index (χ4v) is 4.28. The largest absolute Gasteiger partial charge is 0.481 e. The molecule has 1 saturated carbocycles. The Labute approximate surface area is 149 Å². The highest BCUT2D eigenvalue weighted by Gasteiger charge is 2.25. The predicted octanol–water partition coefficient (Wildman–Crippen LogP) is 4.29.